The molecule has 11 nitrogen and oxygen atoms in total. The number of hydrogen-bond donors (Lipinski definition) is 0. The molecule has 0 saturated heterocycles. The van der Waals surface area contributed by atoms with E-state index in [-0.39, 0.29) is 23.0 Å². The molecule has 1 aliphatic rings. The number of benzene rings is 2. The SMILES string of the molecule is COC(=O)COc1c(OC)cc(C=Nn2c(C3CCCCC3)nc3ccccc3c2=O)cc1[N+](=O)[O-]. The molecular weight excluding hydrogens is 468 g/mol. The normalized spacial score (nSPS) is 14.2. The van der Waals surface area contributed by atoms with Gasteiger partial charge in [0.2, 0.25) is 5.75 Å². The van der Waals surface area contributed by atoms with Gasteiger partial charge in [0.05, 0.1) is 36.3 Å². The van der Waals surface area contributed by atoms with Gasteiger partial charge in [-0.3, -0.25) is 14.9 Å². The number of rotatable bonds is 8. The first kappa shape index (κ1) is 24.8. The second kappa shape index (κ2) is 11.0. The Morgan fingerprint density at radius 3 is 2.67 bits per heavy atom. The molecule has 0 aliphatic heterocycles. The summed E-state index contributed by atoms with van der Waals surface area (Å²) in [6.45, 7) is -0.524. The molecular formula is C25H26N4O7. The minimum absolute atomic E-state index is 0.0334. The van der Waals surface area contributed by atoms with Crippen LogP contribution in [-0.4, -0.2) is 47.6 Å². The quantitative estimate of drug-likeness (QED) is 0.200. The summed E-state index contributed by atoms with van der Waals surface area (Å²) in [4.78, 5) is 40.7. The smallest absolute Gasteiger partial charge is 0.343 e. The molecule has 0 radical (unpaired) electrons. The van der Waals surface area contributed by atoms with E-state index < -0.39 is 23.2 Å². The van der Waals surface area contributed by atoms with Crippen LogP contribution in [0.4, 0.5) is 5.69 Å². The fraction of sp³-hybridized carbons (Fsp3) is 0.360. The maximum absolute atomic E-state index is 13.4. The molecule has 1 aliphatic carbocycles. The second-order valence-corrected chi connectivity index (χ2v) is 8.38. The van der Waals surface area contributed by atoms with Gasteiger partial charge in [0.15, 0.2) is 12.4 Å². The third-order valence-electron chi connectivity index (χ3n) is 6.11. The molecule has 0 atom stereocenters. The van der Waals surface area contributed by atoms with Crippen molar-refractivity contribution >= 4 is 28.8 Å². The largest absolute Gasteiger partial charge is 0.493 e. The number of carbonyl (C=O) groups is 1. The number of nitro benzene ring substituents is 1. The van der Waals surface area contributed by atoms with Crippen LogP contribution in [0.5, 0.6) is 11.5 Å². The van der Waals surface area contributed by atoms with Crippen molar-refractivity contribution in [1.82, 2.24) is 9.66 Å². The zero-order valence-electron chi connectivity index (χ0n) is 20.0. The Morgan fingerprint density at radius 1 is 1.22 bits per heavy atom. The highest BCUT2D eigenvalue weighted by molar-refractivity contribution is 5.84. The van der Waals surface area contributed by atoms with Crippen LogP contribution in [0.25, 0.3) is 10.9 Å². The molecule has 1 fully saturated rings. The van der Waals surface area contributed by atoms with E-state index in [2.05, 4.69) is 9.84 Å². The first-order valence-corrected chi connectivity index (χ1v) is 11.5. The maximum atomic E-state index is 13.4. The summed E-state index contributed by atoms with van der Waals surface area (Å²) in [7, 11) is 2.51. The summed E-state index contributed by atoms with van der Waals surface area (Å²) < 4.78 is 16.4. The van der Waals surface area contributed by atoms with Gasteiger partial charge in [0.25, 0.3) is 5.56 Å². The van der Waals surface area contributed by atoms with E-state index in [9.17, 15) is 19.7 Å². The van der Waals surface area contributed by atoms with E-state index in [0.717, 1.165) is 32.1 Å². The lowest BCUT2D eigenvalue weighted by Crippen LogP contribution is -2.25. The monoisotopic (exact) mass is 494 g/mol. The zero-order valence-corrected chi connectivity index (χ0v) is 20.0. The Bertz CT molecular complexity index is 1380. The van der Waals surface area contributed by atoms with E-state index in [1.54, 1.807) is 18.2 Å². The number of hydrogen-bond acceptors (Lipinski definition) is 9. The highest BCUT2D eigenvalue weighted by atomic mass is 16.6. The highest BCUT2D eigenvalue weighted by Gasteiger charge is 2.24. The molecule has 4 rings (SSSR count). The number of nitro groups is 1. The second-order valence-electron chi connectivity index (χ2n) is 8.38. The third kappa shape index (κ3) is 5.19. The van der Waals surface area contributed by atoms with Crippen molar-refractivity contribution in [3.8, 4) is 11.5 Å². The van der Waals surface area contributed by atoms with Gasteiger partial charge >= 0.3 is 11.7 Å². The van der Waals surface area contributed by atoms with Gasteiger partial charge in [-0.25, -0.2) is 9.78 Å². The van der Waals surface area contributed by atoms with Crippen LogP contribution >= 0.6 is 0 Å². The van der Waals surface area contributed by atoms with Crippen molar-refractivity contribution < 1.29 is 23.9 Å². The Morgan fingerprint density at radius 2 is 1.97 bits per heavy atom. The number of nitrogens with zero attached hydrogens (tertiary/aromatic N) is 4. The predicted octanol–water partition coefficient (Wildman–Crippen LogP) is 3.80. The lowest BCUT2D eigenvalue weighted by atomic mass is 9.88. The van der Waals surface area contributed by atoms with E-state index in [1.807, 2.05) is 6.07 Å². The standard InChI is InChI=1S/C25H26N4O7/c1-34-21-13-16(12-20(29(32)33)23(21)36-15-22(30)35-2)14-26-28-24(17-8-4-3-5-9-17)27-19-11-7-6-10-18(19)25(28)31/h6-7,10-14,17H,3-5,8-9,15H2,1-2H3. The number of esters is 1. The van der Waals surface area contributed by atoms with Crippen LogP contribution in [0.3, 0.4) is 0 Å². The Balaban J connectivity index is 1.78. The topological polar surface area (TPSA) is 135 Å². The molecule has 188 valence electrons. The van der Waals surface area contributed by atoms with Crippen LogP contribution in [-0.2, 0) is 9.53 Å². The summed E-state index contributed by atoms with van der Waals surface area (Å²) in [6.07, 6.45) is 6.41. The average molecular weight is 495 g/mol. The molecule has 0 spiro atoms. The van der Waals surface area contributed by atoms with Gasteiger partial charge in [-0.2, -0.15) is 9.78 Å². The molecule has 0 N–H and O–H groups in total. The van der Waals surface area contributed by atoms with Crippen molar-refractivity contribution in [2.45, 2.75) is 38.0 Å². The molecule has 2 aromatic carbocycles. The molecule has 0 unspecified atom stereocenters. The van der Waals surface area contributed by atoms with E-state index >= 15 is 0 Å². The zero-order chi connectivity index (χ0) is 25.7. The molecule has 11 heteroatoms. The van der Waals surface area contributed by atoms with Gasteiger partial charge in [-0.15, -0.1) is 0 Å². The molecule has 0 amide bonds. The predicted molar refractivity (Wildman–Crippen MR) is 132 cm³/mol. The van der Waals surface area contributed by atoms with Crippen LogP contribution in [0.1, 0.15) is 49.4 Å². The Labute approximate surface area is 206 Å². The van der Waals surface area contributed by atoms with E-state index in [4.69, 9.17) is 14.5 Å². The molecule has 3 aromatic rings. The van der Waals surface area contributed by atoms with Crippen LogP contribution < -0.4 is 15.0 Å². The van der Waals surface area contributed by atoms with Crippen LogP contribution in [0.2, 0.25) is 0 Å². The fourth-order valence-corrected chi connectivity index (χ4v) is 4.31. The van der Waals surface area contributed by atoms with Gasteiger partial charge in [0.1, 0.15) is 5.82 Å². The first-order chi connectivity index (χ1) is 17.4. The number of aromatic nitrogens is 2. The number of fused-ring (bicyclic) bond motifs is 1. The van der Waals surface area contributed by atoms with Crippen LogP contribution in [0.15, 0.2) is 46.3 Å². The summed E-state index contributed by atoms with van der Waals surface area (Å²) in [5, 5.41) is 16.6. The number of para-hydroxylation sites is 1. The molecule has 1 saturated carbocycles. The van der Waals surface area contributed by atoms with Crippen molar-refractivity contribution in [2.24, 2.45) is 5.10 Å². The maximum Gasteiger partial charge on any atom is 0.343 e. The van der Waals surface area contributed by atoms with E-state index in [1.165, 1.54) is 37.2 Å². The minimum atomic E-state index is -0.699. The average Bonchev–Trinajstić information content (AvgIpc) is 2.91. The number of ether oxygens (including phenoxy) is 3. The van der Waals surface area contributed by atoms with Gasteiger partial charge < -0.3 is 14.2 Å². The highest BCUT2D eigenvalue weighted by Crippen LogP contribution is 2.38. The van der Waals surface area contributed by atoms with Gasteiger partial charge in [0, 0.05) is 17.5 Å². The van der Waals surface area contributed by atoms with E-state index in [0.29, 0.717) is 22.3 Å². The van der Waals surface area contributed by atoms with Crippen molar-refractivity contribution in [1.29, 1.82) is 0 Å². The summed E-state index contributed by atoms with van der Waals surface area (Å²) in [5.41, 5.74) is 0.186. The number of carbonyl (C=O) groups excluding carboxylic acids is 1. The lowest BCUT2D eigenvalue weighted by Gasteiger charge is -2.22. The van der Waals surface area contributed by atoms with Crippen molar-refractivity contribution in [3.63, 3.8) is 0 Å². The Hall–Kier alpha value is -4.28. The lowest BCUT2D eigenvalue weighted by molar-refractivity contribution is -0.385. The number of methoxy groups -OCH3 is 2. The van der Waals surface area contributed by atoms with Gasteiger partial charge in [-0.1, -0.05) is 31.4 Å². The molecule has 1 aromatic heterocycles. The first-order valence-electron chi connectivity index (χ1n) is 11.5. The van der Waals surface area contributed by atoms with Crippen molar-refractivity contribution in [3.05, 3.63) is 68.3 Å². The molecule has 36 heavy (non-hydrogen) atoms. The summed E-state index contributed by atoms with van der Waals surface area (Å²) >= 11 is 0. The fourth-order valence-electron chi connectivity index (χ4n) is 4.31. The minimum Gasteiger partial charge on any atom is -0.493 e. The van der Waals surface area contributed by atoms with Gasteiger partial charge in [-0.05, 0) is 31.0 Å². The Kier molecular flexibility index (Phi) is 7.57. The molecule has 0 bridgehead atoms. The van der Waals surface area contributed by atoms with Crippen molar-refractivity contribution in [2.75, 3.05) is 20.8 Å². The summed E-state index contributed by atoms with van der Waals surface area (Å²) in [6, 6.07) is 9.81. The molecule has 1 heterocycles. The van der Waals surface area contributed by atoms with Crippen LogP contribution in [0, 0.1) is 10.1 Å². The third-order valence-corrected chi connectivity index (χ3v) is 6.11. The summed E-state index contributed by atoms with van der Waals surface area (Å²) in [5.74, 6) is -0.209.